The number of rotatable bonds is 6. The second kappa shape index (κ2) is 6.61. The molecule has 1 N–H and O–H groups in total. The Hall–Kier alpha value is -1.03. The van der Waals surface area contributed by atoms with Gasteiger partial charge in [-0.2, -0.15) is 5.10 Å². The topological polar surface area (TPSA) is 33.1 Å². The summed E-state index contributed by atoms with van der Waals surface area (Å²) in [7, 11) is 2.08. The summed E-state index contributed by atoms with van der Waals surface area (Å²) in [6.45, 7) is 10.8. The fraction of sp³-hybridized carbons (Fsp3) is 0.812. The number of hydrogen-bond donors (Lipinski definition) is 1. The van der Waals surface area contributed by atoms with Crippen LogP contribution < -0.4 is 10.2 Å². The summed E-state index contributed by atoms with van der Waals surface area (Å²) in [6.07, 6.45) is 5.40. The first-order chi connectivity index (χ1) is 9.54. The average molecular weight is 278 g/mol. The van der Waals surface area contributed by atoms with E-state index in [0.717, 1.165) is 18.8 Å². The molecular formula is C16H30N4. The van der Waals surface area contributed by atoms with Gasteiger partial charge in [-0.15, -0.1) is 0 Å². The minimum atomic E-state index is 0.504. The molecule has 0 spiro atoms. The van der Waals surface area contributed by atoms with Crippen LogP contribution in [-0.2, 0) is 13.6 Å². The van der Waals surface area contributed by atoms with E-state index in [0.29, 0.717) is 12.1 Å². The monoisotopic (exact) mass is 278 g/mol. The third kappa shape index (κ3) is 3.17. The maximum Gasteiger partial charge on any atom is 0.131 e. The quantitative estimate of drug-likeness (QED) is 0.868. The van der Waals surface area contributed by atoms with Gasteiger partial charge in [0.15, 0.2) is 0 Å². The number of nitrogens with one attached hydrogen (secondary N) is 1. The Morgan fingerprint density at radius 2 is 2.00 bits per heavy atom. The summed E-state index contributed by atoms with van der Waals surface area (Å²) in [5.41, 5.74) is 2.53. The predicted octanol–water partition coefficient (Wildman–Crippen LogP) is 3.00. The molecule has 0 atom stereocenters. The molecule has 1 heterocycles. The summed E-state index contributed by atoms with van der Waals surface area (Å²) in [5.74, 6) is 1.32. The van der Waals surface area contributed by atoms with E-state index >= 15 is 0 Å². The number of aromatic nitrogens is 2. The molecule has 4 heteroatoms. The molecule has 0 aromatic carbocycles. The van der Waals surface area contributed by atoms with Gasteiger partial charge in [-0.1, -0.05) is 26.7 Å². The molecule has 1 saturated carbocycles. The molecule has 1 fully saturated rings. The van der Waals surface area contributed by atoms with Crippen LogP contribution in [-0.4, -0.2) is 28.4 Å². The van der Waals surface area contributed by atoms with E-state index in [2.05, 4.69) is 54.7 Å². The second-order valence-electron chi connectivity index (χ2n) is 6.27. The standard InChI is InChI=1S/C16H30N4/c1-6-20(14-9-7-8-10-14)16-15(11-17-12(2)3)13(4)18-19(16)5/h12,14,17H,6-11H2,1-5H3. The molecule has 1 aliphatic rings. The minimum absolute atomic E-state index is 0.504. The average Bonchev–Trinajstić information content (AvgIpc) is 2.99. The Kier molecular flexibility index (Phi) is 5.08. The zero-order valence-electron chi connectivity index (χ0n) is 13.7. The highest BCUT2D eigenvalue weighted by molar-refractivity contribution is 5.51. The lowest BCUT2D eigenvalue weighted by Gasteiger charge is -2.31. The molecule has 2 rings (SSSR count). The summed E-state index contributed by atoms with van der Waals surface area (Å²) in [6, 6.07) is 1.21. The van der Waals surface area contributed by atoms with E-state index < -0.39 is 0 Å². The molecule has 114 valence electrons. The van der Waals surface area contributed by atoms with Gasteiger partial charge in [-0.05, 0) is 26.7 Å². The van der Waals surface area contributed by atoms with Crippen molar-refractivity contribution < 1.29 is 0 Å². The number of aryl methyl sites for hydroxylation is 2. The Morgan fingerprint density at radius 1 is 1.35 bits per heavy atom. The van der Waals surface area contributed by atoms with Crippen LogP contribution in [0.3, 0.4) is 0 Å². The van der Waals surface area contributed by atoms with Gasteiger partial charge in [0.05, 0.1) is 5.69 Å². The van der Waals surface area contributed by atoms with E-state index in [-0.39, 0.29) is 0 Å². The van der Waals surface area contributed by atoms with Crippen molar-refractivity contribution in [3.63, 3.8) is 0 Å². The Balaban J connectivity index is 2.27. The fourth-order valence-corrected chi connectivity index (χ4v) is 3.36. The smallest absolute Gasteiger partial charge is 0.131 e. The first kappa shape index (κ1) is 15.4. The SMILES string of the molecule is CCN(c1c(CNC(C)C)c(C)nn1C)C1CCCC1. The van der Waals surface area contributed by atoms with Crippen LogP contribution in [0.1, 0.15) is 57.7 Å². The van der Waals surface area contributed by atoms with Crippen LogP contribution >= 0.6 is 0 Å². The van der Waals surface area contributed by atoms with Gasteiger partial charge < -0.3 is 10.2 Å². The van der Waals surface area contributed by atoms with E-state index in [1.807, 2.05) is 0 Å². The van der Waals surface area contributed by atoms with Crippen LogP contribution in [0.5, 0.6) is 0 Å². The molecule has 0 unspecified atom stereocenters. The van der Waals surface area contributed by atoms with Gasteiger partial charge in [0.1, 0.15) is 5.82 Å². The highest BCUT2D eigenvalue weighted by atomic mass is 15.4. The number of hydrogen-bond acceptors (Lipinski definition) is 3. The second-order valence-corrected chi connectivity index (χ2v) is 6.27. The zero-order chi connectivity index (χ0) is 14.7. The molecule has 20 heavy (non-hydrogen) atoms. The molecule has 1 aliphatic carbocycles. The zero-order valence-corrected chi connectivity index (χ0v) is 13.7. The van der Waals surface area contributed by atoms with Crippen molar-refractivity contribution in [1.29, 1.82) is 0 Å². The third-order valence-electron chi connectivity index (χ3n) is 4.38. The summed E-state index contributed by atoms with van der Waals surface area (Å²) >= 11 is 0. The van der Waals surface area contributed by atoms with Crippen LogP contribution in [0.2, 0.25) is 0 Å². The van der Waals surface area contributed by atoms with Crippen LogP contribution in [0.15, 0.2) is 0 Å². The van der Waals surface area contributed by atoms with Crippen molar-refractivity contribution in [2.75, 3.05) is 11.4 Å². The van der Waals surface area contributed by atoms with E-state index in [1.165, 1.54) is 37.1 Å². The normalized spacial score (nSPS) is 16.3. The van der Waals surface area contributed by atoms with Crippen molar-refractivity contribution in [1.82, 2.24) is 15.1 Å². The summed E-state index contributed by atoms with van der Waals surface area (Å²) < 4.78 is 2.08. The van der Waals surface area contributed by atoms with Gasteiger partial charge in [0, 0.05) is 37.8 Å². The molecule has 0 saturated heterocycles. The highest BCUT2D eigenvalue weighted by Crippen LogP contribution is 2.31. The lowest BCUT2D eigenvalue weighted by atomic mass is 10.1. The van der Waals surface area contributed by atoms with Crippen LogP contribution in [0, 0.1) is 6.92 Å². The fourth-order valence-electron chi connectivity index (χ4n) is 3.36. The molecule has 0 radical (unpaired) electrons. The van der Waals surface area contributed by atoms with Crippen LogP contribution in [0.25, 0.3) is 0 Å². The molecule has 1 aromatic rings. The molecule has 1 aromatic heterocycles. The van der Waals surface area contributed by atoms with Crippen molar-refractivity contribution in [2.24, 2.45) is 7.05 Å². The summed E-state index contributed by atoms with van der Waals surface area (Å²) in [5, 5.41) is 8.21. The van der Waals surface area contributed by atoms with Gasteiger partial charge >= 0.3 is 0 Å². The first-order valence-electron chi connectivity index (χ1n) is 8.07. The molecule has 4 nitrogen and oxygen atoms in total. The van der Waals surface area contributed by atoms with Crippen molar-refractivity contribution in [2.45, 2.75) is 72.0 Å². The van der Waals surface area contributed by atoms with Gasteiger partial charge in [-0.25, -0.2) is 0 Å². The van der Waals surface area contributed by atoms with Crippen LogP contribution in [0.4, 0.5) is 5.82 Å². The lowest BCUT2D eigenvalue weighted by Crippen LogP contribution is -2.36. The van der Waals surface area contributed by atoms with Crippen molar-refractivity contribution in [3.05, 3.63) is 11.3 Å². The minimum Gasteiger partial charge on any atom is -0.354 e. The largest absolute Gasteiger partial charge is 0.354 e. The summed E-state index contributed by atoms with van der Waals surface area (Å²) in [4.78, 5) is 2.57. The molecule has 0 bridgehead atoms. The lowest BCUT2D eigenvalue weighted by molar-refractivity contribution is 0.571. The Bertz CT molecular complexity index is 430. The molecule has 0 aliphatic heterocycles. The maximum absolute atomic E-state index is 4.66. The first-order valence-corrected chi connectivity index (χ1v) is 8.07. The van der Waals surface area contributed by atoms with E-state index in [1.54, 1.807) is 0 Å². The van der Waals surface area contributed by atoms with E-state index in [9.17, 15) is 0 Å². The third-order valence-corrected chi connectivity index (χ3v) is 4.38. The van der Waals surface area contributed by atoms with Gasteiger partial charge in [0.25, 0.3) is 0 Å². The van der Waals surface area contributed by atoms with Gasteiger partial charge in [-0.3, -0.25) is 4.68 Å². The van der Waals surface area contributed by atoms with E-state index in [4.69, 9.17) is 0 Å². The maximum atomic E-state index is 4.66. The van der Waals surface area contributed by atoms with Crippen molar-refractivity contribution in [3.8, 4) is 0 Å². The number of nitrogens with zero attached hydrogens (tertiary/aromatic N) is 3. The Labute approximate surface area is 123 Å². The number of anilines is 1. The molecular weight excluding hydrogens is 248 g/mol. The molecule has 0 amide bonds. The predicted molar refractivity (Wildman–Crippen MR) is 85.2 cm³/mol. The Morgan fingerprint density at radius 3 is 2.55 bits per heavy atom. The van der Waals surface area contributed by atoms with Crippen molar-refractivity contribution >= 4 is 5.82 Å². The van der Waals surface area contributed by atoms with Gasteiger partial charge in [0.2, 0.25) is 0 Å². The highest BCUT2D eigenvalue weighted by Gasteiger charge is 2.26.